The lowest BCUT2D eigenvalue weighted by atomic mass is 9.76. The third-order valence-corrected chi connectivity index (χ3v) is 4.57. The molecule has 6 nitrogen and oxygen atoms in total. The van der Waals surface area contributed by atoms with Gasteiger partial charge in [0, 0.05) is 18.0 Å². The molecule has 1 amide bonds. The van der Waals surface area contributed by atoms with Crippen molar-refractivity contribution >= 4 is 17.6 Å². The fourth-order valence-corrected chi connectivity index (χ4v) is 2.95. The predicted octanol–water partition coefficient (Wildman–Crippen LogP) is 1.75. The second kappa shape index (κ2) is 7.38. The summed E-state index contributed by atoms with van der Waals surface area (Å²) < 4.78 is 10.4. The Hall–Kier alpha value is -2.50. The topological polar surface area (TPSA) is 87.7 Å². The van der Waals surface area contributed by atoms with Gasteiger partial charge >= 0.3 is 0 Å². The minimum absolute atomic E-state index is 0.335. The van der Waals surface area contributed by atoms with Gasteiger partial charge in [-0.2, -0.15) is 0 Å². The van der Waals surface area contributed by atoms with Crippen LogP contribution in [-0.4, -0.2) is 26.1 Å². The summed E-state index contributed by atoms with van der Waals surface area (Å²) in [6.45, 7) is 3.82. The largest absolute Gasteiger partial charge is 0.550 e. The number of carbonyl (C=O) groups excluding carboxylic acids is 2. The first-order valence-electron chi connectivity index (χ1n) is 7.76. The van der Waals surface area contributed by atoms with Crippen molar-refractivity contribution in [2.45, 2.75) is 26.7 Å². The number of ether oxygens (including phenoxy) is 2. The monoisotopic (exact) mass is 332 g/mol. The molecule has 0 fully saturated rings. The molecule has 6 heteroatoms. The summed E-state index contributed by atoms with van der Waals surface area (Å²) in [5.74, 6) is -2.01. The number of methoxy groups -OCH3 is 2. The average Bonchev–Trinajstić information content (AvgIpc) is 2.56. The van der Waals surface area contributed by atoms with Crippen molar-refractivity contribution in [3.05, 3.63) is 29.3 Å². The number of allylic oxidation sites excluding steroid dienone is 2. The lowest BCUT2D eigenvalue weighted by Crippen LogP contribution is -2.42. The van der Waals surface area contributed by atoms with Gasteiger partial charge in [0.1, 0.15) is 11.5 Å². The van der Waals surface area contributed by atoms with Crippen LogP contribution >= 0.6 is 0 Å². The lowest BCUT2D eigenvalue weighted by Gasteiger charge is -2.32. The summed E-state index contributed by atoms with van der Waals surface area (Å²) in [4.78, 5) is 24.1. The van der Waals surface area contributed by atoms with Gasteiger partial charge in [-0.25, -0.2) is 0 Å². The quantitative estimate of drug-likeness (QED) is 0.830. The summed E-state index contributed by atoms with van der Waals surface area (Å²) in [5.41, 5.74) is 2.50. The minimum atomic E-state index is -1.19. The van der Waals surface area contributed by atoms with Gasteiger partial charge in [-0.3, -0.25) is 4.79 Å². The summed E-state index contributed by atoms with van der Waals surface area (Å²) in [6, 6.07) is 5.04. The van der Waals surface area contributed by atoms with E-state index in [2.05, 4.69) is 5.32 Å². The van der Waals surface area contributed by atoms with Gasteiger partial charge in [-0.05, 0) is 38.8 Å². The molecule has 0 aromatic heterocycles. The summed E-state index contributed by atoms with van der Waals surface area (Å²) in [5, 5.41) is 14.2. The van der Waals surface area contributed by atoms with Crippen LogP contribution in [0, 0.1) is 11.8 Å². The molecule has 2 rings (SSSR count). The van der Waals surface area contributed by atoms with Crippen molar-refractivity contribution in [3.63, 3.8) is 0 Å². The minimum Gasteiger partial charge on any atom is -0.550 e. The van der Waals surface area contributed by atoms with Gasteiger partial charge in [-0.15, -0.1) is 0 Å². The van der Waals surface area contributed by atoms with Crippen LogP contribution in [0.1, 0.15) is 26.7 Å². The zero-order chi connectivity index (χ0) is 17.9. The van der Waals surface area contributed by atoms with Gasteiger partial charge in [0.15, 0.2) is 0 Å². The van der Waals surface area contributed by atoms with Gasteiger partial charge in [-0.1, -0.05) is 11.1 Å². The van der Waals surface area contributed by atoms with E-state index in [1.54, 1.807) is 18.2 Å². The molecule has 1 aromatic rings. The number of aliphatic carboxylic acids is 1. The van der Waals surface area contributed by atoms with Crippen molar-refractivity contribution in [2.75, 3.05) is 19.5 Å². The second-order valence-corrected chi connectivity index (χ2v) is 6.06. The maximum absolute atomic E-state index is 12.7. The highest BCUT2D eigenvalue weighted by molar-refractivity contribution is 5.96. The summed E-state index contributed by atoms with van der Waals surface area (Å²) in [6.07, 6.45) is 0.740. The number of carboxylic acid groups (broad SMARTS) is 1. The third kappa shape index (κ3) is 3.69. The number of carboxylic acids is 1. The van der Waals surface area contributed by atoms with Crippen LogP contribution in [0.4, 0.5) is 5.69 Å². The molecule has 1 aromatic carbocycles. The molecule has 0 saturated heterocycles. The molecular formula is C18H22NO5-. The summed E-state index contributed by atoms with van der Waals surface area (Å²) in [7, 11) is 3.02. The molecule has 0 heterocycles. The van der Waals surface area contributed by atoms with E-state index in [0.29, 0.717) is 30.0 Å². The van der Waals surface area contributed by atoms with E-state index < -0.39 is 17.8 Å². The molecule has 130 valence electrons. The van der Waals surface area contributed by atoms with E-state index in [1.165, 1.54) is 14.2 Å². The number of carbonyl (C=O) groups is 2. The van der Waals surface area contributed by atoms with E-state index in [-0.39, 0.29) is 5.91 Å². The van der Waals surface area contributed by atoms with Gasteiger partial charge in [0.05, 0.1) is 25.8 Å². The first-order valence-corrected chi connectivity index (χ1v) is 7.76. The van der Waals surface area contributed by atoms with Crippen molar-refractivity contribution in [1.29, 1.82) is 0 Å². The molecule has 0 spiro atoms. The number of rotatable bonds is 5. The Morgan fingerprint density at radius 1 is 1.08 bits per heavy atom. The Kier molecular flexibility index (Phi) is 5.49. The van der Waals surface area contributed by atoms with Crippen LogP contribution in [0.3, 0.4) is 0 Å². The van der Waals surface area contributed by atoms with E-state index >= 15 is 0 Å². The van der Waals surface area contributed by atoms with Crippen molar-refractivity contribution < 1.29 is 24.2 Å². The van der Waals surface area contributed by atoms with E-state index in [4.69, 9.17) is 9.47 Å². The van der Waals surface area contributed by atoms with Crippen molar-refractivity contribution in [3.8, 4) is 11.5 Å². The van der Waals surface area contributed by atoms with E-state index in [1.807, 2.05) is 13.8 Å². The SMILES string of the molecule is COc1ccc(OC)c(NC(=O)[C@@H]2CC(C)=C(C)C[C@@H]2C(=O)[O-])c1. The number of anilines is 1. The lowest BCUT2D eigenvalue weighted by molar-refractivity contribution is -0.313. The molecule has 0 bridgehead atoms. The van der Waals surface area contributed by atoms with E-state index in [9.17, 15) is 14.7 Å². The summed E-state index contributed by atoms with van der Waals surface area (Å²) >= 11 is 0. The molecule has 0 aliphatic heterocycles. The highest BCUT2D eigenvalue weighted by atomic mass is 16.5. The number of hydrogen-bond donors (Lipinski definition) is 1. The Morgan fingerprint density at radius 2 is 1.71 bits per heavy atom. The normalized spacial score (nSPS) is 20.5. The second-order valence-electron chi connectivity index (χ2n) is 6.06. The van der Waals surface area contributed by atoms with Gasteiger partial charge in [0.25, 0.3) is 0 Å². The number of hydrogen-bond acceptors (Lipinski definition) is 5. The molecular weight excluding hydrogens is 310 g/mol. The highest BCUT2D eigenvalue weighted by Crippen LogP contribution is 2.36. The van der Waals surface area contributed by atoms with Crippen molar-refractivity contribution in [1.82, 2.24) is 0 Å². The maximum atomic E-state index is 12.7. The molecule has 0 radical (unpaired) electrons. The zero-order valence-electron chi connectivity index (χ0n) is 14.3. The Balaban J connectivity index is 2.26. The smallest absolute Gasteiger partial charge is 0.228 e. The van der Waals surface area contributed by atoms with Crippen LogP contribution in [-0.2, 0) is 9.59 Å². The Labute approximate surface area is 141 Å². The Morgan fingerprint density at radius 3 is 2.25 bits per heavy atom. The van der Waals surface area contributed by atoms with Crippen LogP contribution in [0.5, 0.6) is 11.5 Å². The molecule has 2 atom stereocenters. The molecule has 1 N–H and O–H groups in total. The molecule has 1 aliphatic carbocycles. The first kappa shape index (κ1) is 17.8. The third-order valence-electron chi connectivity index (χ3n) is 4.57. The maximum Gasteiger partial charge on any atom is 0.228 e. The highest BCUT2D eigenvalue weighted by Gasteiger charge is 2.33. The molecule has 0 unspecified atom stereocenters. The fourth-order valence-electron chi connectivity index (χ4n) is 2.95. The first-order chi connectivity index (χ1) is 11.4. The van der Waals surface area contributed by atoms with Crippen LogP contribution < -0.4 is 19.9 Å². The zero-order valence-corrected chi connectivity index (χ0v) is 14.3. The molecule has 24 heavy (non-hydrogen) atoms. The molecule has 1 aliphatic rings. The van der Waals surface area contributed by atoms with E-state index in [0.717, 1.165) is 11.1 Å². The number of benzene rings is 1. The van der Waals surface area contributed by atoms with Crippen LogP contribution in [0.25, 0.3) is 0 Å². The fraction of sp³-hybridized carbons (Fsp3) is 0.444. The van der Waals surface area contributed by atoms with Crippen molar-refractivity contribution in [2.24, 2.45) is 11.8 Å². The van der Waals surface area contributed by atoms with Crippen LogP contribution in [0.15, 0.2) is 29.3 Å². The average molecular weight is 332 g/mol. The number of amides is 1. The number of nitrogens with one attached hydrogen (secondary N) is 1. The van der Waals surface area contributed by atoms with Gasteiger partial charge < -0.3 is 24.7 Å². The standard InChI is InChI=1S/C18H23NO5/c1-10-7-13(14(18(21)22)8-11(10)2)17(20)19-15-9-12(23-3)5-6-16(15)24-4/h5-6,9,13-14H,7-8H2,1-4H3,(H,19,20)(H,21,22)/p-1/t13-,14+/m1/s1. The van der Waals surface area contributed by atoms with Crippen LogP contribution in [0.2, 0.25) is 0 Å². The predicted molar refractivity (Wildman–Crippen MR) is 87.8 cm³/mol. The Bertz CT molecular complexity index is 680. The molecule has 0 saturated carbocycles. The van der Waals surface area contributed by atoms with Gasteiger partial charge in [0.2, 0.25) is 5.91 Å².